The smallest absolute Gasteiger partial charge is 0.134 e. The third-order valence-corrected chi connectivity index (χ3v) is 4.59. The van der Waals surface area contributed by atoms with Gasteiger partial charge in [-0.15, -0.1) is 0 Å². The van der Waals surface area contributed by atoms with E-state index in [1.165, 1.54) is 0 Å². The molecule has 128 valence electrons. The number of rotatable bonds is 4. The Bertz CT molecular complexity index is 720. The van der Waals surface area contributed by atoms with E-state index in [9.17, 15) is 5.11 Å². The Kier molecular flexibility index (Phi) is 5.17. The molecule has 1 atom stereocenters. The fraction of sp³-hybridized carbons (Fsp3) is 0.368. The second-order valence-corrected chi connectivity index (χ2v) is 6.48. The first kappa shape index (κ1) is 16.9. The molecule has 0 bridgehead atoms. The highest BCUT2D eigenvalue weighted by molar-refractivity contribution is 6.32. The van der Waals surface area contributed by atoms with Gasteiger partial charge in [-0.1, -0.05) is 24.6 Å². The molecule has 1 aliphatic heterocycles. The van der Waals surface area contributed by atoms with Crippen LogP contribution < -0.4 is 9.47 Å². The van der Waals surface area contributed by atoms with E-state index >= 15 is 0 Å². The molecule has 1 N–H and O–H groups in total. The summed E-state index contributed by atoms with van der Waals surface area (Å²) >= 11 is 6.03. The van der Waals surface area contributed by atoms with Crippen molar-refractivity contribution in [1.29, 1.82) is 0 Å². The third-order valence-electron chi connectivity index (χ3n) is 4.29. The second-order valence-electron chi connectivity index (χ2n) is 6.08. The predicted molar refractivity (Wildman–Crippen MR) is 94.9 cm³/mol. The minimum Gasteiger partial charge on any atom is -0.506 e. The quantitative estimate of drug-likeness (QED) is 0.898. The molecule has 5 heteroatoms. The number of hydrogen-bond acceptors (Lipinski definition) is 4. The van der Waals surface area contributed by atoms with Gasteiger partial charge in [0.05, 0.1) is 12.1 Å². The zero-order chi connectivity index (χ0) is 17.1. The summed E-state index contributed by atoms with van der Waals surface area (Å²) in [6.07, 6.45) is 1.09. The van der Waals surface area contributed by atoms with Crippen molar-refractivity contribution in [3.8, 4) is 17.2 Å². The average molecular weight is 348 g/mol. The summed E-state index contributed by atoms with van der Waals surface area (Å²) in [6.45, 7) is 4.50. The summed E-state index contributed by atoms with van der Waals surface area (Å²) in [5.41, 5.74) is 2.19. The number of halogens is 1. The number of phenols is 1. The maximum Gasteiger partial charge on any atom is 0.134 e. The number of hydrogen-bond donors (Lipinski definition) is 1. The standard InChI is InChI=1S/C19H22ClNO3/c1-3-15-12-21(10-13-4-6-18(22)17(20)8-13)11-14-9-16(23-2)5-7-19(14)24-15/h4-9,15,22H,3,10-12H2,1-2H3. The number of benzene rings is 2. The van der Waals surface area contributed by atoms with Crippen LogP contribution in [-0.2, 0) is 13.1 Å². The number of ether oxygens (including phenoxy) is 2. The Morgan fingerprint density at radius 2 is 2.12 bits per heavy atom. The van der Waals surface area contributed by atoms with Crippen molar-refractivity contribution >= 4 is 11.6 Å². The fourth-order valence-corrected chi connectivity index (χ4v) is 3.17. The lowest BCUT2D eigenvalue weighted by molar-refractivity contribution is 0.139. The van der Waals surface area contributed by atoms with Crippen LogP contribution in [0.1, 0.15) is 24.5 Å². The van der Waals surface area contributed by atoms with Crippen LogP contribution in [-0.4, -0.2) is 29.8 Å². The van der Waals surface area contributed by atoms with Crippen LogP contribution in [0, 0.1) is 0 Å². The van der Waals surface area contributed by atoms with Gasteiger partial charge in [-0.05, 0) is 42.3 Å². The number of methoxy groups -OCH3 is 1. The van der Waals surface area contributed by atoms with E-state index in [0.29, 0.717) is 5.02 Å². The van der Waals surface area contributed by atoms with Gasteiger partial charge in [-0.25, -0.2) is 0 Å². The maximum absolute atomic E-state index is 9.58. The highest BCUT2D eigenvalue weighted by Crippen LogP contribution is 2.31. The van der Waals surface area contributed by atoms with Gasteiger partial charge in [0.15, 0.2) is 0 Å². The Morgan fingerprint density at radius 3 is 2.83 bits per heavy atom. The van der Waals surface area contributed by atoms with Gasteiger partial charge in [0, 0.05) is 25.2 Å². The zero-order valence-corrected chi connectivity index (χ0v) is 14.7. The van der Waals surface area contributed by atoms with Crippen LogP contribution >= 0.6 is 11.6 Å². The summed E-state index contributed by atoms with van der Waals surface area (Å²) in [6, 6.07) is 11.3. The van der Waals surface area contributed by atoms with Gasteiger partial charge in [-0.3, -0.25) is 4.90 Å². The van der Waals surface area contributed by atoms with Gasteiger partial charge in [0.2, 0.25) is 0 Å². The molecular formula is C19H22ClNO3. The van der Waals surface area contributed by atoms with E-state index in [-0.39, 0.29) is 11.9 Å². The molecule has 0 radical (unpaired) electrons. The van der Waals surface area contributed by atoms with E-state index in [2.05, 4.69) is 11.8 Å². The van der Waals surface area contributed by atoms with Crippen molar-refractivity contribution in [3.05, 3.63) is 52.5 Å². The second kappa shape index (κ2) is 7.32. The molecule has 24 heavy (non-hydrogen) atoms. The average Bonchev–Trinajstić information content (AvgIpc) is 2.75. The fourth-order valence-electron chi connectivity index (χ4n) is 2.97. The molecule has 1 heterocycles. The monoisotopic (exact) mass is 347 g/mol. The molecule has 0 amide bonds. The number of fused-ring (bicyclic) bond motifs is 1. The molecule has 0 aliphatic carbocycles. The van der Waals surface area contributed by atoms with Crippen molar-refractivity contribution in [3.63, 3.8) is 0 Å². The highest BCUT2D eigenvalue weighted by atomic mass is 35.5. The largest absolute Gasteiger partial charge is 0.506 e. The van der Waals surface area contributed by atoms with Crippen LogP contribution in [0.25, 0.3) is 0 Å². The Balaban J connectivity index is 1.85. The Labute approximate surface area is 147 Å². The van der Waals surface area contributed by atoms with Crippen LogP contribution in [0.4, 0.5) is 0 Å². The maximum atomic E-state index is 9.58. The molecule has 0 spiro atoms. The lowest BCUT2D eigenvalue weighted by atomic mass is 10.1. The molecule has 1 aliphatic rings. The van der Waals surface area contributed by atoms with Crippen LogP contribution in [0.5, 0.6) is 17.2 Å². The van der Waals surface area contributed by atoms with E-state index in [0.717, 1.165) is 48.7 Å². The zero-order valence-electron chi connectivity index (χ0n) is 14.0. The molecule has 2 aromatic rings. The highest BCUT2D eigenvalue weighted by Gasteiger charge is 2.22. The molecule has 0 fully saturated rings. The molecule has 3 rings (SSSR count). The van der Waals surface area contributed by atoms with Gasteiger partial charge in [-0.2, -0.15) is 0 Å². The number of aromatic hydroxyl groups is 1. The summed E-state index contributed by atoms with van der Waals surface area (Å²) in [7, 11) is 1.67. The SMILES string of the molecule is CCC1CN(Cc2ccc(O)c(Cl)c2)Cc2cc(OC)ccc2O1. The van der Waals surface area contributed by atoms with E-state index in [1.54, 1.807) is 13.2 Å². The summed E-state index contributed by atoms with van der Waals surface area (Å²) < 4.78 is 11.5. The lowest BCUT2D eigenvalue weighted by Crippen LogP contribution is -2.32. The van der Waals surface area contributed by atoms with E-state index < -0.39 is 0 Å². The van der Waals surface area contributed by atoms with Gasteiger partial charge >= 0.3 is 0 Å². The molecule has 0 saturated carbocycles. The van der Waals surface area contributed by atoms with E-state index in [4.69, 9.17) is 21.1 Å². The minimum absolute atomic E-state index is 0.112. The molecule has 4 nitrogen and oxygen atoms in total. The Hall–Kier alpha value is -1.91. The summed E-state index contributed by atoms with van der Waals surface area (Å²) in [5.74, 6) is 1.87. The summed E-state index contributed by atoms with van der Waals surface area (Å²) in [5, 5.41) is 9.97. The molecule has 1 unspecified atom stereocenters. The van der Waals surface area contributed by atoms with Crippen molar-refractivity contribution < 1.29 is 14.6 Å². The van der Waals surface area contributed by atoms with E-state index in [1.807, 2.05) is 30.3 Å². The van der Waals surface area contributed by atoms with Crippen LogP contribution in [0.15, 0.2) is 36.4 Å². The molecule has 2 aromatic carbocycles. The normalized spacial score (nSPS) is 17.7. The lowest BCUT2D eigenvalue weighted by Gasteiger charge is -2.23. The summed E-state index contributed by atoms with van der Waals surface area (Å²) in [4.78, 5) is 2.34. The first-order valence-corrected chi connectivity index (χ1v) is 8.50. The first-order valence-electron chi connectivity index (χ1n) is 8.12. The topological polar surface area (TPSA) is 41.9 Å². The van der Waals surface area contributed by atoms with Crippen LogP contribution in [0.2, 0.25) is 5.02 Å². The van der Waals surface area contributed by atoms with Crippen molar-refractivity contribution in [1.82, 2.24) is 4.90 Å². The Morgan fingerprint density at radius 1 is 1.29 bits per heavy atom. The van der Waals surface area contributed by atoms with Crippen molar-refractivity contribution in [2.24, 2.45) is 0 Å². The molecule has 0 saturated heterocycles. The number of nitrogens with zero attached hydrogens (tertiary/aromatic N) is 1. The number of phenolic OH excluding ortho intramolecular Hbond substituents is 1. The third kappa shape index (κ3) is 3.77. The van der Waals surface area contributed by atoms with Crippen molar-refractivity contribution in [2.45, 2.75) is 32.5 Å². The molecule has 0 aromatic heterocycles. The minimum atomic E-state index is 0.112. The van der Waals surface area contributed by atoms with Crippen LogP contribution in [0.3, 0.4) is 0 Å². The van der Waals surface area contributed by atoms with Gasteiger partial charge in [0.1, 0.15) is 23.4 Å². The molecular weight excluding hydrogens is 326 g/mol. The first-order chi connectivity index (χ1) is 11.6. The predicted octanol–water partition coefficient (Wildman–Crippen LogP) is 4.23. The van der Waals surface area contributed by atoms with Crippen molar-refractivity contribution in [2.75, 3.05) is 13.7 Å². The van der Waals surface area contributed by atoms with Gasteiger partial charge in [0.25, 0.3) is 0 Å². The van der Waals surface area contributed by atoms with Gasteiger partial charge < -0.3 is 14.6 Å².